The number of fused-ring (bicyclic) bond motifs is 1. The Morgan fingerprint density at radius 2 is 1.77 bits per heavy atom. The van der Waals surface area contributed by atoms with Crippen molar-refractivity contribution < 1.29 is 23.9 Å². The highest BCUT2D eigenvalue weighted by molar-refractivity contribution is 6.13. The van der Waals surface area contributed by atoms with Crippen LogP contribution in [-0.4, -0.2) is 51.8 Å². The molecular formula is C25H26ClFN4O4. The maximum Gasteiger partial charge on any atom is 0.314 e. The summed E-state index contributed by atoms with van der Waals surface area (Å²) >= 11 is 0. The van der Waals surface area contributed by atoms with E-state index in [-0.39, 0.29) is 35.4 Å². The van der Waals surface area contributed by atoms with E-state index in [4.69, 9.17) is 5.73 Å². The lowest BCUT2D eigenvalue weighted by Crippen LogP contribution is -2.38. The number of carbonyl (C=O) groups is 3. The van der Waals surface area contributed by atoms with Gasteiger partial charge in [0.1, 0.15) is 16.8 Å². The van der Waals surface area contributed by atoms with Crippen LogP contribution in [0.25, 0.3) is 10.9 Å². The number of rotatable bonds is 4. The smallest absolute Gasteiger partial charge is 0.314 e. The Bertz CT molecular complexity index is 1280. The van der Waals surface area contributed by atoms with Gasteiger partial charge in [0.25, 0.3) is 5.91 Å². The van der Waals surface area contributed by atoms with Gasteiger partial charge in [-0.25, -0.2) is 9.18 Å². The highest BCUT2D eigenvalue weighted by atomic mass is 35.5. The van der Waals surface area contributed by atoms with Crippen molar-refractivity contribution in [1.82, 2.24) is 15.2 Å². The monoisotopic (exact) mass is 500 g/mol. The number of urea groups is 1. The van der Waals surface area contributed by atoms with Crippen molar-refractivity contribution in [2.75, 3.05) is 13.1 Å². The van der Waals surface area contributed by atoms with Crippen molar-refractivity contribution in [2.45, 2.75) is 32.2 Å². The zero-order chi connectivity index (χ0) is 24.4. The summed E-state index contributed by atoms with van der Waals surface area (Å²) in [5.74, 6) is -2.37. The molecule has 2 heterocycles. The molecule has 0 saturated carbocycles. The Morgan fingerprint density at radius 1 is 1.09 bits per heavy atom. The van der Waals surface area contributed by atoms with Crippen LogP contribution in [0.5, 0.6) is 5.75 Å². The number of nitrogens with zero attached hydrogens (tertiary/aromatic N) is 2. The number of likely N-dealkylation sites (tertiary alicyclic amines) is 1. The molecule has 0 aliphatic carbocycles. The third-order valence-corrected chi connectivity index (χ3v) is 6.05. The largest absolute Gasteiger partial charge is 0.507 e. The van der Waals surface area contributed by atoms with Gasteiger partial charge >= 0.3 is 6.03 Å². The number of aryl methyl sites for hydroxylation is 1. The number of aromatic hydroxyl groups is 1. The van der Waals surface area contributed by atoms with Crippen molar-refractivity contribution in [2.24, 2.45) is 5.73 Å². The molecule has 0 unspecified atom stereocenters. The fourth-order valence-corrected chi connectivity index (χ4v) is 4.17. The molecular weight excluding hydrogens is 475 g/mol. The number of carbonyl (C=O) groups excluding carboxylic acids is 3. The lowest BCUT2D eigenvalue weighted by Gasteiger charge is -2.18. The number of aromatic nitrogens is 1. The second-order valence-corrected chi connectivity index (χ2v) is 8.44. The molecule has 3 amide bonds. The first-order chi connectivity index (χ1) is 16.2. The van der Waals surface area contributed by atoms with Gasteiger partial charge in [0.05, 0.1) is 0 Å². The molecule has 1 aliphatic heterocycles. The van der Waals surface area contributed by atoms with Crippen LogP contribution in [0.15, 0.2) is 42.5 Å². The van der Waals surface area contributed by atoms with Crippen LogP contribution in [-0.2, 0) is 0 Å². The molecule has 1 aromatic heterocycles. The molecule has 8 nitrogen and oxygen atoms in total. The SMILES string of the molecule is Cc1ccc2cc(O)c(C(=O)c3ccc(C(=O)N[C@H]4CCCN(C(N)=O)CC4)cc3)c(F)c2n1.Cl. The van der Waals surface area contributed by atoms with Gasteiger partial charge in [0.15, 0.2) is 11.6 Å². The molecule has 2 aromatic carbocycles. The van der Waals surface area contributed by atoms with Gasteiger partial charge in [-0.1, -0.05) is 18.2 Å². The third kappa shape index (κ3) is 5.51. The number of pyridine rings is 1. The molecule has 1 aliphatic rings. The molecule has 4 N–H and O–H groups in total. The average molecular weight is 501 g/mol. The van der Waals surface area contributed by atoms with Crippen LogP contribution >= 0.6 is 12.4 Å². The Labute approximate surface area is 207 Å². The highest BCUT2D eigenvalue weighted by Gasteiger charge is 2.24. The number of benzene rings is 2. The number of phenolic OH excluding ortho intramolecular Hbond substituents is 1. The lowest BCUT2D eigenvalue weighted by molar-refractivity contribution is 0.0932. The molecule has 1 atom stereocenters. The molecule has 0 spiro atoms. The number of nitrogens with two attached hydrogens (primary N) is 1. The number of amides is 3. The number of ketones is 1. The predicted octanol–water partition coefficient (Wildman–Crippen LogP) is 3.70. The first-order valence-corrected chi connectivity index (χ1v) is 11.0. The molecule has 184 valence electrons. The van der Waals surface area contributed by atoms with E-state index in [0.717, 1.165) is 12.8 Å². The van der Waals surface area contributed by atoms with Gasteiger partial charge < -0.3 is 21.1 Å². The predicted molar refractivity (Wildman–Crippen MR) is 131 cm³/mol. The summed E-state index contributed by atoms with van der Waals surface area (Å²) in [6, 6.07) is 9.87. The topological polar surface area (TPSA) is 126 Å². The number of phenols is 1. The number of hydrogen-bond acceptors (Lipinski definition) is 5. The lowest BCUT2D eigenvalue weighted by atomic mass is 9.98. The van der Waals surface area contributed by atoms with Crippen molar-refractivity contribution in [3.63, 3.8) is 0 Å². The van der Waals surface area contributed by atoms with E-state index < -0.39 is 28.9 Å². The zero-order valence-electron chi connectivity index (χ0n) is 19.1. The summed E-state index contributed by atoms with van der Waals surface area (Å²) in [7, 11) is 0. The first-order valence-electron chi connectivity index (χ1n) is 11.0. The maximum absolute atomic E-state index is 15.1. The summed E-state index contributed by atoms with van der Waals surface area (Å²) in [5.41, 5.74) is 5.94. The van der Waals surface area contributed by atoms with E-state index in [1.54, 1.807) is 24.0 Å². The van der Waals surface area contributed by atoms with E-state index in [1.165, 1.54) is 30.3 Å². The van der Waals surface area contributed by atoms with Gasteiger partial charge in [-0.15, -0.1) is 12.4 Å². The molecule has 1 saturated heterocycles. The Kier molecular flexibility index (Phi) is 7.91. The standard InChI is InChI=1S/C25H25FN4O4.ClH/c1-14-4-5-17-13-19(31)20(21(26)22(17)28-14)23(32)15-6-8-16(9-7-15)24(33)29-18-3-2-11-30(12-10-18)25(27)34;/h4-9,13,18,31H,2-3,10-12H2,1H3,(H2,27,34)(H,29,33);1H/t18-;/m0./s1. The van der Waals surface area contributed by atoms with E-state index in [1.807, 2.05) is 0 Å². The number of primary amides is 1. The summed E-state index contributed by atoms with van der Waals surface area (Å²) < 4.78 is 15.1. The minimum Gasteiger partial charge on any atom is -0.507 e. The third-order valence-electron chi connectivity index (χ3n) is 6.05. The quantitative estimate of drug-likeness (QED) is 0.471. The molecule has 3 aromatic rings. The first kappa shape index (κ1) is 25.9. The molecule has 0 bridgehead atoms. The fraction of sp³-hybridized carbons (Fsp3) is 0.280. The second kappa shape index (κ2) is 10.7. The normalized spacial score (nSPS) is 15.7. The molecule has 0 radical (unpaired) electrons. The van der Waals surface area contributed by atoms with Gasteiger partial charge in [0, 0.05) is 41.3 Å². The Hall–Kier alpha value is -3.72. The van der Waals surface area contributed by atoms with Crippen LogP contribution in [0.4, 0.5) is 9.18 Å². The highest BCUT2D eigenvalue weighted by Crippen LogP contribution is 2.30. The minimum absolute atomic E-state index is 0. The van der Waals surface area contributed by atoms with E-state index >= 15 is 4.39 Å². The summed E-state index contributed by atoms with van der Waals surface area (Å²) in [5, 5.41) is 13.6. The molecule has 35 heavy (non-hydrogen) atoms. The van der Waals surface area contributed by atoms with Gasteiger partial charge in [-0.2, -0.15) is 0 Å². The number of halogens is 2. The molecule has 4 rings (SSSR count). The fourth-order valence-electron chi connectivity index (χ4n) is 4.17. The van der Waals surface area contributed by atoms with Crippen molar-refractivity contribution >= 4 is 41.0 Å². The van der Waals surface area contributed by atoms with Crippen molar-refractivity contribution in [3.05, 3.63) is 70.7 Å². The summed E-state index contributed by atoms with van der Waals surface area (Å²) in [4.78, 5) is 42.7. The van der Waals surface area contributed by atoms with Crippen molar-refractivity contribution in [1.29, 1.82) is 0 Å². The zero-order valence-corrected chi connectivity index (χ0v) is 19.9. The van der Waals surface area contributed by atoms with Gasteiger partial charge in [0.2, 0.25) is 0 Å². The summed E-state index contributed by atoms with van der Waals surface area (Å²) in [6.45, 7) is 2.74. The van der Waals surface area contributed by atoms with E-state index in [9.17, 15) is 19.5 Å². The maximum atomic E-state index is 15.1. The minimum atomic E-state index is -0.885. The second-order valence-electron chi connectivity index (χ2n) is 8.44. The Balaban J connectivity index is 0.00000342. The molecule has 10 heteroatoms. The Morgan fingerprint density at radius 3 is 2.46 bits per heavy atom. The van der Waals surface area contributed by atoms with Crippen LogP contribution in [0.3, 0.4) is 0 Å². The van der Waals surface area contributed by atoms with Gasteiger partial charge in [-0.3, -0.25) is 14.6 Å². The van der Waals surface area contributed by atoms with Crippen LogP contribution in [0, 0.1) is 12.7 Å². The van der Waals surface area contributed by atoms with E-state index in [0.29, 0.717) is 36.2 Å². The van der Waals surface area contributed by atoms with Gasteiger partial charge in [-0.05, 0) is 50.5 Å². The average Bonchev–Trinajstić information content (AvgIpc) is 3.05. The van der Waals surface area contributed by atoms with E-state index in [2.05, 4.69) is 10.3 Å². The van der Waals surface area contributed by atoms with Crippen LogP contribution < -0.4 is 11.1 Å². The number of nitrogens with one attached hydrogen (secondary N) is 1. The van der Waals surface area contributed by atoms with Crippen LogP contribution in [0.1, 0.15) is 51.2 Å². The number of hydrogen-bond donors (Lipinski definition) is 3. The summed E-state index contributed by atoms with van der Waals surface area (Å²) in [6.07, 6.45) is 2.05. The molecule has 1 fully saturated rings. The van der Waals surface area contributed by atoms with Crippen LogP contribution in [0.2, 0.25) is 0 Å². The van der Waals surface area contributed by atoms with Crippen molar-refractivity contribution in [3.8, 4) is 5.75 Å².